The van der Waals surface area contributed by atoms with E-state index in [0.717, 1.165) is 0 Å². The van der Waals surface area contributed by atoms with Gasteiger partial charge in [-0.15, -0.1) is 0 Å². The van der Waals surface area contributed by atoms with E-state index in [1.807, 2.05) is 13.8 Å². The molecule has 0 unspecified atom stereocenters. The van der Waals surface area contributed by atoms with Crippen molar-refractivity contribution in [3.05, 3.63) is 10.4 Å². The standard InChI is InChI=1S/C9H15N3O4/c1-9(2)15-7-3-6(14-8(7)16-9)5(13)4-11-12-10/h5-8,13H,3-4H2,1-2H3/t5-,6-,7+,8+/m0/s1. The molecule has 0 radical (unpaired) electrons. The summed E-state index contributed by atoms with van der Waals surface area (Å²) < 4.78 is 16.6. The van der Waals surface area contributed by atoms with Crippen molar-refractivity contribution in [1.82, 2.24) is 0 Å². The molecule has 0 spiro atoms. The van der Waals surface area contributed by atoms with Gasteiger partial charge >= 0.3 is 0 Å². The van der Waals surface area contributed by atoms with E-state index in [1.165, 1.54) is 0 Å². The summed E-state index contributed by atoms with van der Waals surface area (Å²) in [7, 11) is 0. The van der Waals surface area contributed by atoms with E-state index in [0.29, 0.717) is 6.42 Å². The zero-order chi connectivity index (χ0) is 11.8. The monoisotopic (exact) mass is 229 g/mol. The van der Waals surface area contributed by atoms with E-state index in [2.05, 4.69) is 10.0 Å². The van der Waals surface area contributed by atoms with Crippen LogP contribution in [0.25, 0.3) is 10.4 Å². The summed E-state index contributed by atoms with van der Waals surface area (Å²) in [5.74, 6) is -0.629. The molecule has 0 aromatic rings. The van der Waals surface area contributed by atoms with E-state index in [-0.39, 0.29) is 12.6 Å². The predicted molar refractivity (Wildman–Crippen MR) is 53.3 cm³/mol. The molecule has 7 heteroatoms. The minimum atomic E-state index is -0.809. The van der Waals surface area contributed by atoms with E-state index in [1.54, 1.807) is 0 Å². The molecule has 0 bridgehead atoms. The fourth-order valence-corrected chi connectivity index (χ4v) is 2.02. The average molecular weight is 229 g/mol. The van der Waals surface area contributed by atoms with Crippen LogP contribution in [0.5, 0.6) is 0 Å². The number of azide groups is 1. The van der Waals surface area contributed by atoms with Crippen LogP contribution in [0.4, 0.5) is 0 Å². The molecule has 2 aliphatic heterocycles. The highest BCUT2D eigenvalue weighted by molar-refractivity contribution is 4.88. The molecule has 2 heterocycles. The second kappa shape index (κ2) is 4.20. The average Bonchev–Trinajstić information content (AvgIpc) is 2.67. The maximum Gasteiger partial charge on any atom is 0.187 e. The van der Waals surface area contributed by atoms with Crippen LogP contribution in [-0.2, 0) is 14.2 Å². The first kappa shape index (κ1) is 11.6. The predicted octanol–water partition coefficient (Wildman–Crippen LogP) is 0.924. The van der Waals surface area contributed by atoms with Crippen molar-refractivity contribution in [2.45, 2.75) is 50.7 Å². The summed E-state index contributed by atoms with van der Waals surface area (Å²) in [4.78, 5) is 2.59. The van der Waals surface area contributed by atoms with Crippen LogP contribution in [0, 0.1) is 0 Å². The smallest absolute Gasteiger partial charge is 0.187 e. The van der Waals surface area contributed by atoms with Gasteiger partial charge in [-0.3, -0.25) is 0 Å². The maximum atomic E-state index is 9.66. The molecule has 4 atom stereocenters. The van der Waals surface area contributed by atoms with Gasteiger partial charge in [0.1, 0.15) is 6.10 Å². The quantitative estimate of drug-likeness (QED) is 0.442. The van der Waals surface area contributed by atoms with E-state index >= 15 is 0 Å². The first-order valence-corrected chi connectivity index (χ1v) is 5.22. The number of hydrogen-bond acceptors (Lipinski definition) is 5. The summed E-state index contributed by atoms with van der Waals surface area (Å²) in [5.41, 5.74) is 8.14. The molecule has 2 rings (SSSR count). The largest absolute Gasteiger partial charge is 0.390 e. The second-order valence-electron chi connectivity index (χ2n) is 4.43. The van der Waals surface area contributed by atoms with Crippen LogP contribution in [0.2, 0.25) is 0 Å². The number of nitrogens with zero attached hydrogens (tertiary/aromatic N) is 3. The summed E-state index contributed by atoms with van der Waals surface area (Å²) in [6.45, 7) is 3.64. The summed E-state index contributed by atoms with van der Waals surface area (Å²) in [5, 5.41) is 13.0. The minimum absolute atomic E-state index is 0.00397. The van der Waals surface area contributed by atoms with Gasteiger partial charge in [0, 0.05) is 11.3 Å². The lowest BCUT2D eigenvalue weighted by Crippen LogP contribution is -2.32. The third-order valence-corrected chi connectivity index (χ3v) is 2.67. The first-order chi connectivity index (χ1) is 7.52. The number of hydrogen-bond donors (Lipinski definition) is 1. The Morgan fingerprint density at radius 2 is 2.31 bits per heavy atom. The van der Waals surface area contributed by atoms with Gasteiger partial charge < -0.3 is 19.3 Å². The summed E-state index contributed by atoms with van der Waals surface area (Å²) in [6, 6.07) is 0. The van der Waals surface area contributed by atoms with E-state index in [9.17, 15) is 5.11 Å². The maximum absolute atomic E-state index is 9.66. The Kier molecular flexibility index (Phi) is 3.05. The van der Waals surface area contributed by atoms with Gasteiger partial charge in [0.2, 0.25) is 0 Å². The molecule has 16 heavy (non-hydrogen) atoms. The Labute approximate surface area is 92.9 Å². The van der Waals surface area contributed by atoms with Crippen LogP contribution < -0.4 is 0 Å². The second-order valence-corrected chi connectivity index (χ2v) is 4.43. The molecular weight excluding hydrogens is 214 g/mol. The summed E-state index contributed by atoms with van der Waals surface area (Å²) in [6.07, 6.45) is -1.23. The van der Waals surface area contributed by atoms with Crippen LogP contribution in [-0.4, -0.2) is 42.0 Å². The van der Waals surface area contributed by atoms with Crippen molar-refractivity contribution in [1.29, 1.82) is 0 Å². The summed E-state index contributed by atoms with van der Waals surface area (Å²) >= 11 is 0. The van der Waals surface area contributed by atoms with Crippen LogP contribution in [0.1, 0.15) is 20.3 Å². The lowest BCUT2D eigenvalue weighted by molar-refractivity contribution is -0.213. The SMILES string of the molecule is CC1(C)O[C@H]2O[C@H]([C@@H](O)CN=[N+]=[N-])C[C@H]2O1. The molecule has 0 aliphatic carbocycles. The van der Waals surface area contributed by atoms with Gasteiger partial charge in [-0.1, -0.05) is 5.11 Å². The molecule has 0 aromatic carbocycles. The van der Waals surface area contributed by atoms with Crippen molar-refractivity contribution >= 4 is 0 Å². The Hall–Kier alpha value is -0.850. The van der Waals surface area contributed by atoms with Gasteiger partial charge in [0.05, 0.1) is 18.8 Å². The van der Waals surface area contributed by atoms with Gasteiger partial charge in [-0.25, -0.2) is 0 Å². The third kappa shape index (κ3) is 2.28. The van der Waals surface area contributed by atoms with Crippen molar-refractivity contribution in [3.8, 4) is 0 Å². The number of aliphatic hydroxyl groups excluding tert-OH is 1. The van der Waals surface area contributed by atoms with E-state index < -0.39 is 24.3 Å². The highest BCUT2D eigenvalue weighted by Crippen LogP contribution is 2.37. The molecular formula is C9H15N3O4. The number of fused-ring (bicyclic) bond motifs is 1. The van der Waals surface area contributed by atoms with Gasteiger partial charge in [0.25, 0.3) is 0 Å². The molecule has 0 saturated carbocycles. The molecule has 90 valence electrons. The van der Waals surface area contributed by atoms with Crippen molar-refractivity contribution < 1.29 is 19.3 Å². The molecule has 2 saturated heterocycles. The molecule has 0 amide bonds. The fourth-order valence-electron chi connectivity index (χ4n) is 2.02. The Morgan fingerprint density at radius 3 is 2.94 bits per heavy atom. The fraction of sp³-hybridized carbons (Fsp3) is 1.00. The zero-order valence-corrected chi connectivity index (χ0v) is 9.24. The number of ether oxygens (including phenoxy) is 3. The highest BCUT2D eigenvalue weighted by Gasteiger charge is 2.49. The van der Waals surface area contributed by atoms with Crippen molar-refractivity contribution in [2.75, 3.05) is 6.54 Å². The van der Waals surface area contributed by atoms with Crippen molar-refractivity contribution in [2.24, 2.45) is 5.11 Å². The molecule has 0 aromatic heterocycles. The van der Waals surface area contributed by atoms with Crippen LogP contribution >= 0.6 is 0 Å². The van der Waals surface area contributed by atoms with Crippen LogP contribution in [0.15, 0.2) is 5.11 Å². The first-order valence-electron chi connectivity index (χ1n) is 5.22. The molecule has 2 aliphatic rings. The van der Waals surface area contributed by atoms with E-state index in [4.69, 9.17) is 19.7 Å². The Balaban J connectivity index is 1.89. The normalized spacial score (nSPS) is 37.8. The topological polar surface area (TPSA) is 96.7 Å². The Bertz CT molecular complexity index is 300. The Morgan fingerprint density at radius 1 is 1.56 bits per heavy atom. The van der Waals surface area contributed by atoms with Gasteiger partial charge in [0.15, 0.2) is 12.1 Å². The third-order valence-electron chi connectivity index (χ3n) is 2.67. The van der Waals surface area contributed by atoms with Gasteiger partial charge in [-0.2, -0.15) is 0 Å². The molecule has 2 fully saturated rings. The van der Waals surface area contributed by atoms with Crippen LogP contribution in [0.3, 0.4) is 0 Å². The minimum Gasteiger partial charge on any atom is -0.390 e. The number of rotatable bonds is 3. The number of aliphatic hydroxyl groups is 1. The molecule has 7 nitrogen and oxygen atoms in total. The van der Waals surface area contributed by atoms with Crippen molar-refractivity contribution in [3.63, 3.8) is 0 Å². The zero-order valence-electron chi connectivity index (χ0n) is 9.24. The highest BCUT2D eigenvalue weighted by atomic mass is 16.8. The lowest BCUT2D eigenvalue weighted by atomic mass is 10.1. The van der Waals surface area contributed by atoms with Gasteiger partial charge in [-0.05, 0) is 19.4 Å². The molecule has 1 N–H and O–H groups in total. The lowest BCUT2D eigenvalue weighted by Gasteiger charge is -2.22.